The van der Waals surface area contributed by atoms with E-state index in [0.717, 1.165) is 0 Å². The number of benzene rings is 1. The van der Waals surface area contributed by atoms with Gasteiger partial charge < -0.3 is 15.2 Å². The highest BCUT2D eigenvalue weighted by Gasteiger charge is 2.38. The lowest BCUT2D eigenvalue weighted by Gasteiger charge is -2.30. The van der Waals surface area contributed by atoms with Crippen LogP contribution in [0.1, 0.15) is 31.7 Å². The Balaban J connectivity index is 2.57. The molecule has 0 saturated carbocycles. The molecule has 0 aliphatic carbocycles. The van der Waals surface area contributed by atoms with Gasteiger partial charge >= 0.3 is 11.9 Å². The number of dihydropyridines is 1. The number of nitrogens with one attached hydrogen (secondary N) is 1. The van der Waals surface area contributed by atoms with Gasteiger partial charge in [-0.05, 0) is 25.5 Å². The zero-order chi connectivity index (χ0) is 18.6. The molecule has 1 atom stereocenters. The van der Waals surface area contributed by atoms with E-state index in [1.165, 1.54) is 0 Å². The number of nitrogens with zero attached hydrogens (tertiary/aromatic N) is 1. The lowest BCUT2D eigenvalue weighted by molar-refractivity contribution is -0.139. The molecule has 0 aromatic heterocycles. The number of hydrogen-bond acceptors (Lipinski definition) is 5. The van der Waals surface area contributed by atoms with E-state index in [4.69, 9.17) is 21.6 Å². The molecule has 0 amide bonds. The largest absolute Gasteiger partial charge is 0.478 e. The first-order valence-corrected chi connectivity index (χ1v) is 7.96. The molecular formula is C18H17ClN2O4. The Morgan fingerprint density at radius 1 is 1.28 bits per heavy atom. The van der Waals surface area contributed by atoms with Crippen LogP contribution in [0.2, 0.25) is 5.02 Å². The Kier molecular flexibility index (Phi) is 5.84. The molecule has 1 heterocycles. The molecule has 0 fully saturated rings. The maximum atomic E-state index is 12.6. The van der Waals surface area contributed by atoms with E-state index in [0.29, 0.717) is 22.0 Å². The van der Waals surface area contributed by atoms with Crippen LogP contribution in [0.15, 0.2) is 46.8 Å². The third kappa shape index (κ3) is 3.83. The minimum atomic E-state index is -1.15. The second kappa shape index (κ2) is 7.86. The second-order valence-corrected chi connectivity index (χ2v) is 5.91. The quantitative estimate of drug-likeness (QED) is 0.618. The molecular weight excluding hydrogens is 344 g/mol. The normalized spacial score (nSPS) is 17.0. The minimum absolute atomic E-state index is 0.0333. The van der Waals surface area contributed by atoms with E-state index in [1.807, 2.05) is 6.07 Å². The summed E-state index contributed by atoms with van der Waals surface area (Å²) in [5.74, 6) is -2.68. The van der Waals surface area contributed by atoms with Crippen molar-refractivity contribution in [1.82, 2.24) is 5.32 Å². The first-order chi connectivity index (χ1) is 11.9. The number of carbonyl (C=O) groups is 2. The molecule has 1 aromatic carbocycles. The fraction of sp³-hybridized carbons (Fsp3) is 0.278. The number of ether oxygens (including phenoxy) is 1. The predicted octanol–water partition coefficient (Wildman–Crippen LogP) is 3.12. The van der Waals surface area contributed by atoms with Crippen LogP contribution in [-0.4, -0.2) is 23.7 Å². The van der Waals surface area contributed by atoms with Gasteiger partial charge in [0.05, 0.1) is 29.6 Å². The zero-order valence-electron chi connectivity index (χ0n) is 13.8. The van der Waals surface area contributed by atoms with Gasteiger partial charge in [0.2, 0.25) is 0 Å². The number of halogens is 1. The first-order valence-electron chi connectivity index (χ1n) is 7.58. The van der Waals surface area contributed by atoms with Crippen molar-refractivity contribution in [3.63, 3.8) is 0 Å². The molecule has 0 spiro atoms. The zero-order valence-corrected chi connectivity index (χ0v) is 14.6. The van der Waals surface area contributed by atoms with Crippen molar-refractivity contribution in [3.8, 4) is 6.07 Å². The standard InChI is InChI=1S/C18H17ClN2O4/c1-10-14(17(22)23)16(12-6-3-4-7-13(12)19)15(11(2)21-10)18(24)25-9-5-8-20/h3-4,6-7,16,21H,5,9H2,1-2H3,(H,22,23). The Morgan fingerprint density at radius 3 is 2.52 bits per heavy atom. The van der Waals surface area contributed by atoms with E-state index < -0.39 is 17.9 Å². The molecule has 2 rings (SSSR count). The van der Waals surface area contributed by atoms with Crippen molar-refractivity contribution in [1.29, 1.82) is 5.26 Å². The summed E-state index contributed by atoms with van der Waals surface area (Å²) in [6, 6.07) is 8.67. The molecule has 130 valence electrons. The number of nitriles is 1. The highest BCUT2D eigenvalue weighted by atomic mass is 35.5. The first kappa shape index (κ1) is 18.6. The number of allylic oxidation sites excluding steroid dienone is 2. The molecule has 1 aliphatic rings. The lowest BCUT2D eigenvalue weighted by atomic mass is 9.80. The van der Waals surface area contributed by atoms with Gasteiger partial charge in [0.25, 0.3) is 0 Å². The molecule has 1 aromatic rings. The highest BCUT2D eigenvalue weighted by molar-refractivity contribution is 6.31. The molecule has 0 radical (unpaired) electrons. The van der Waals surface area contributed by atoms with E-state index >= 15 is 0 Å². The van der Waals surface area contributed by atoms with Gasteiger partial charge in [-0.25, -0.2) is 9.59 Å². The summed E-state index contributed by atoms with van der Waals surface area (Å²) >= 11 is 6.27. The van der Waals surface area contributed by atoms with E-state index in [1.54, 1.807) is 38.1 Å². The number of aliphatic carboxylic acids is 1. The Bertz CT molecular complexity index is 821. The number of rotatable bonds is 5. The van der Waals surface area contributed by atoms with Gasteiger partial charge in [-0.15, -0.1) is 0 Å². The smallest absolute Gasteiger partial charge is 0.336 e. The van der Waals surface area contributed by atoms with Crippen LogP contribution in [-0.2, 0) is 14.3 Å². The third-order valence-corrected chi connectivity index (χ3v) is 4.22. The van der Waals surface area contributed by atoms with Gasteiger partial charge in [0.1, 0.15) is 6.61 Å². The van der Waals surface area contributed by atoms with Crippen molar-refractivity contribution in [2.45, 2.75) is 26.2 Å². The van der Waals surface area contributed by atoms with Crippen LogP contribution < -0.4 is 5.32 Å². The van der Waals surface area contributed by atoms with Gasteiger partial charge in [0, 0.05) is 16.4 Å². The molecule has 6 nitrogen and oxygen atoms in total. The second-order valence-electron chi connectivity index (χ2n) is 5.51. The van der Waals surface area contributed by atoms with Crippen LogP contribution in [0.4, 0.5) is 0 Å². The van der Waals surface area contributed by atoms with Crippen molar-refractivity contribution < 1.29 is 19.4 Å². The Labute approximate surface area is 150 Å². The number of carboxylic acid groups (broad SMARTS) is 1. The number of carboxylic acids is 1. The van der Waals surface area contributed by atoms with Gasteiger partial charge in [-0.2, -0.15) is 5.26 Å². The van der Waals surface area contributed by atoms with Gasteiger partial charge in [0.15, 0.2) is 0 Å². The maximum Gasteiger partial charge on any atom is 0.336 e. The fourth-order valence-electron chi connectivity index (χ4n) is 2.84. The summed E-state index contributed by atoms with van der Waals surface area (Å²) in [4.78, 5) is 24.4. The molecule has 7 heteroatoms. The monoisotopic (exact) mass is 360 g/mol. The summed E-state index contributed by atoms with van der Waals surface area (Å²) in [6.07, 6.45) is 0.0584. The number of esters is 1. The number of carbonyl (C=O) groups excluding carboxylic acids is 1. The van der Waals surface area contributed by atoms with Crippen LogP contribution in [0.3, 0.4) is 0 Å². The van der Waals surface area contributed by atoms with Crippen LogP contribution >= 0.6 is 11.6 Å². The predicted molar refractivity (Wildman–Crippen MR) is 91.6 cm³/mol. The summed E-state index contributed by atoms with van der Waals surface area (Å²) < 4.78 is 5.13. The van der Waals surface area contributed by atoms with Crippen molar-refractivity contribution >= 4 is 23.5 Å². The van der Waals surface area contributed by atoms with Crippen molar-refractivity contribution in [2.75, 3.05) is 6.61 Å². The average Bonchev–Trinajstić information content (AvgIpc) is 2.54. The Hall–Kier alpha value is -2.78. The van der Waals surface area contributed by atoms with Crippen LogP contribution in [0, 0.1) is 11.3 Å². The fourth-order valence-corrected chi connectivity index (χ4v) is 3.08. The minimum Gasteiger partial charge on any atom is -0.478 e. The molecule has 0 saturated heterocycles. The molecule has 1 unspecified atom stereocenters. The summed E-state index contributed by atoms with van der Waals surface area (Å²) in [6.45, 7) is 3.24. The van der Waals surface area contributed by atoms with E-state index in [9.17, 15) is 14.7 Å². The van der Waals surface area contributed by atoms with Crippen LogP contribution in [0.5, 0.6) is 0 Å². The molecule has 2 N–H and O–H groups in total. The highest BCUT2D eigenvalue weighted by Crippen LogP contribution is 2.41. The molecule has 25 heavy (non-hydrogen) atoms. The summed E-state index contributed by atoms with van der Waals surface area (Å²) in [7, 11) is 0. The summed E-state index contributed by atoms with van der Waals surface area (Å²) in [5, 5.41) is 21.5. The topological polar surface area (TPSA) is 99.4 Å². The van der Waals surface area contributed by atoms with Gasteiger partial charge in [-0.3, -0.25) is 0 Å². The SMILES string of the molecule is CC1=C(C(=O)O)C(c2ccccc2Cl)C(C(=O)OCCC#N)=C(C)N1. The lowest BCUT2D eigenvalue weighted by Crippen LogP contribution is -2.32. The van der Waals surface area contributed by atoms with E-state index in [-0.39, 0.29) is 24.2 Å². The van der Waals surface area contributed by atoms with Crippen molar-refractivity contribution in [2.24, 2.45) is 0 Å². The molecule has 1 aliphatic heterocycles. The molecule has 0 bridgehead atoms. The van der Waals surface area contributed by atoms with E-state index in [2.05, 4.69) is 5.32 Å². The van der Waals surface area contributed by atoms with Crippen molar-refractivity contribution in [3.05, 3.63) is 57.4 Å². The summed E-state index contributed by atoms with van der Waals surface area (Å²) in [5.41, 5.74) is 1.65. The van der Waals surface area contributed by atoms with Crippen LogP contribution in [0.25, 0.3) is 0 Å². The van der Waals surface area contributed by atoms with Gasteiger partial charge in [-0.1, -0.05) is 29.8 Å². The maximum absolute atomic E-state index is 12.6. The number of hydrogen-bond donors (Lipinski definition) is 2. The Morgan fingerprint density at radius 2 is 1.92 bits per heavy atom. The average molecular weight is 361 g/mol. The third-order valence-electron chi connectivity index (χ3n) is 3.87.